The Hall–Kier alpha value is -2.35. The molecular weight excluding hydrogens is 507 g/mol. The molecular formula is C37H57LiN4+2. The molecule has 0 aliphatic rings. The van der Waals surface area contributed by atoms with Crippen LogP contribution in [0.4, 0.5) is 0 Å². The van der Waals surface area contributed by atoms with Gasteiger partial charge in [-0.25, -0.2) is 0 Å². The van der Waals surface area contributed by atoms with Crippen molar-refractivity contribution in [1.82, 2.24) is 0 Å². The summed E-state index contributed by atoms with van der Waals surface area (Å²) in [6.07, 6.45) is 0. The van der Waals surface area contributed by atoms with Gasteiger partial charge in [-0.1, -0.05) is 87.1 Å². The minimum atomic E-state index is 0. The summed E-state index contributed by atoms with van der Waals surface area (Å²) in [5, 5.41) is 5.06. The van der Waals surface area contributed by atoms with Gasteiger partial charge in [-0.3, -0.25) is 0 Å². The number of hydrogen-bond acceptors (Lipinski definition) is 1. The summed E-state index contributed by atoms with van der Waals surface area (Å²) >= 11 is 0. The van der Waals surface area contributed by atoms with E-state index in [9.17, 15) is 0 Å². The van der Waals surface area contributed by atoms with Gasteiger partial charge in [0.15, 0.2) is 0 Å². The summed E-state index contributed by atoms with van der Waals surface area (Å²) < 4.78 is 0. The molecule has 0 saturated carbocycles. The summed E-state index contributed by atoms with van der Waals surface area (Å²) in [6.45, 7) is 24.2. The van der Waals surface area contributed by atoms with Crippen LogP contribution in [0.5, 0.6) is 0 Å². The average Bonchev–Trinajstić information content (AvgIpc) is 2.81. The monoisotopic (exact) mass is 564 g/mol. The van der Waals surface area contributed by atoms with Crippen LogP contribution < -0.4 is 28.7 Å². The second kappa shape index (κ2) is 17.1. The zero-order valence-corrected chi connectivity index (χ0v) is 29.5. The molecule has 0 radical (unpaired) electrons. The summed E-state index contributed by atoms with van der Waals surface area (Å²) in [4.78, 5) is 8.13. The first-order chi connectivity index (χ1) is 19.1. The van der Waals surface area contributed by atoms with E-state index >= 15 is 0 Å². The van der Waals surface area contributed by atoms with Crippen LogP contribution >= 0.6 is 0 Å². The second-order valence-corrected chi connectivity index (χ2v) is 13.0. The predicted octanol–water partition coefficient (Wildman–Crippen LogP) is 3.09. The zero-order chi connectivity index (χ0) is 31.0. The summed E-state index contributed by atoms with van der Waals surface area (Å²) in [5.41, 5.74) is 13.9. The Morgan fingerprint density at radius 1 is 0.667 bits per heavy atom. The van der Waals surface area contributed by atoms with E-state index in [4.69, 9.17) is 10.3 Å². The number of aryl methyl sites for hydroxylation is 6. The van der Waals surface area contributed by atoms with Crippen molar-refractivity contribution in [3.8, 4) is 22.3 Å². The molecule has 3 rings (SSSR count). The van der Waals surface area contributed by atoms with Gasteiger partial charge in [0.2, 0.25) is 0 Å². The van der Waals surface area contributed by atoms with Crippen LogP contribution in [0.25, 0.3) is 27.6 Å². The smallest absolute Gasteiger partial charge is 0.462 e. The molecule has 4 nitrogen and oxygen atoms in total. The molecule has 0 aliphatic heterocycles. The van der Waals surface area contributed by atoms with Crippen molar-refractivity contribution in [2.45, 2.75) is 81.3 Å². The predicted molar refractivity (Wildman–Crippen MR) is 181 cm³/mol. The maximum absolute atomic E-state index is 5.06. The molecule has 5 heteroatoms. The number of nitrogens with zero attached hydrogens (tertiary/aromatic N) is 2. The van der Waals surface area contributed by atoms with Crippen molar-refractivity contribution in [3.05, 3.63) is 86.7 Å². The first-order valence-electron chi connectivity index (χ1n) is 15.3. The number of nitrogens with one attached hydrogen (secondary N) is 2. The Kier molecular flexibility index (Phi) is 15.3. The molecule has 224 valence electrons. The molecule has 0 atom stereocenters. The maximum atomic E-state index is 5.06. The largest absolute Gasteiger partial charge is 1.00 e. The molecule has 3 aromatic rings. The molecule has 0 heterocycles. The van der Waals surface area contributed by atoms with Gasteiger partial charge in [0, 0.05) is 0 Å². The van der Waals surface area contributed by atoms with Crippen molar-refractivity contribution >= 4 is 5.84 Å². The van der Waals surface area contributed by atoms with E-state index in [1.54, 1.807) is 0 Å². The van der Waals surface area contributed by atoms with Crippen LogP contribution in [0.3, 0.4) is 0 Å². The minimum absolute atomic E-state index is 0. The number of hydrogen-bond donors (Lipinski definition) is 2. The first-order valence-corrected chi connectivity index (χ1v) is 15.3. The topological polar surface area (TPSA) is 35.3 Å². The molecule has 0 fully saturated rings. The molecule has 0 aliphatic carbocycles. The quantitative estimate of drug-likeness (QED) is 0.240. The third kappa shape index (κ3) is 10.7. The number of rotatable bonds is 8. The van der Waals surface area contributed by atoms with Gasteiger partial charge < -0.3 is 20.1 Å². The Morgan fingerprint density at radius 2 is 1.02 bits per heavy atom. The van der Waals surface area contributed by atoms with Crippen molar-refractivity contribution in [2.24, 2.45) is 4.99 Å². The van der Waals surface area contributed by atoms with E-state index in [-0.39, 0.29) is 30.9 Å². The van der Waals surface area contributed by atoms with Crippen LogP contribution in [0, 0.1) is 41.5 Å². The molecule has 0 amide bonds. The molecule has 0 bridgehead atoms. The standard InChI is InChI=1S/C31H39N2.C6H16N2.Li/c1-18(2)32-31(33-19(3)4)30-26(28-22(7)14-20(5)15-23(28)8)12-11-13-27(30)29-24(9)16-21(6)17-25(29)10;1-7(2)5-6-8(3)4;/h11-19H,1-10H3;5-6H2,1-4H3;/q-1;;+1/p+2. The van der Waals surface area contributed by atoms with Gasteiger partial charge in [-0.15, -0.1) is 0 Å². The molecule has 3 aromatic carbocycles. The Labute approximate surface area is 270 Å². The number of likely N-dealkylation sites (N-methyl/N-ethyl adjacent to an activating group) is 2. The fourth-order valence-corrected chi connectivity index (χ4v) is 5.57. The van der Waals surface area contributed by atoms with Gasteiger partial charge in [-0.2, -0.15) is 0 Å². The minimum Gasteiger partial charge on any atom is -0.462 e. The van der Waals surface area contributed by atoms with Crippen LogP contribution in [0.15, 0.2) is 47.5 Å². The number of aliphatic imine (C=N–C) groups is 1. The molecule has 0 spiro atoms. The maximum Gasteiger partial charge on any atom is 1.00 e. The van der Waals surface area contributed by atoms with Crippen LogP contribution in [-0.2, 0) is 0 Å². The zero-order valence-electron chi connectivity index (χ0n) is 29.5. The Morgan fingerprint density at radius 3 is 1.31 bits per heavy atom. The Balaban J connectivity index is 0.000000860. The molecule has 2 N–H and O–H groups in total. The second-order valence-electron chi connectivity index (χ2n) is 13.0. The number of quaternary nitrogens is 2. The summed E-state index contributed by atoms with van der Waals surface area (Å²) in [5.74, 6) is 0.851. The van der Waals surface area contributed by atoms with Gasteiger partial charge in [0.05, 0.1) is 28.2 Å². The Bertz CT molecular complexity index is 1210. The SMILES string of the molecule is C[NH+](C)CC[NH+](C)C.Cc1cc(C)c(-c2cccc(-c3c(C)cc(C)cc3C)c2C(=NC(C)C)[N-]C(C)C)c(C)c1.[Li+]. The van der Waals surface area contributed by atoms with E-state index < -0.39 is 0 Å². The number of benzene rings is 3. The van der Waals surface area contributed by atoms with E-state index in [1.807, 2.05) is 0 Å². The van der Waals surface area contributed by atoms with E-state index in [1.165, 1.54) is 78.5 Å². The number of amidine groups is 1. The summed E-state index contributed by atoms with van der Waals surface area (Å²) in [6, 6.07) is 16.1. The van der Waals surface area contributed by atoms with Crippen molar-refractivity contribution in [2.75, 3.05) is 41.3 Å². The average molecular weight is 565 g/mol. The van der Waals surface area contributed by atoms with Crippen molar-refractivity contribution in [1.29, 1.82) is 0 Å². The van der Waals surface area contributed by atoms with Crippen molar-refractivity contribution in [3.63, 3.8) is 0 Å². The first kappa shape index (κ1) is 37.7. The van der Waals surface area contributed by atoms with E-state index in [2.05, 4.69) is 140 Å². The fraction of sp³-hybridized carbons (Fsp3) is 0.486. The normalized spacial score (nSPS) is 11.6. The molecule has 0 saturated heterocycles. The van der Waals surface area contributed by atoms with E-state index in [0.717, 1.165) is 11.4 Å². The van der Waals surface area contributed by atoms with Gasteiger partial charge in [0.25, 0.3) is 0 Å². The molecule has 0 unspecified atom stereocenters. The molecule has 0 aromatic heterocycles. The fourth-order valence-electron chi connectivity index (χ4n) is 5.57. The van der Waals surface area contributed by atoms with Gasteiger partial charge in [0.1, 0.15) is 13.1 Å². The van der Waals surface area contributed by atoms with E-state index in [0.29, 0.717) is 0 Å². The van der Waals surface area contributed by atoms with Crippen LogP contribution in [0.1, 0.15) is 66.6 Å². The third-order valence-corrected chi connectivity index (χ3v) is 7.07. The summed E-state index contributed by atoms with van der Waals surface area (Å²) in [7, 11) is 8.73. The van der Waals surface area contributed by atoms with Crippen LogP contribution in [0.2, 0.25) is 0 Å². The molecule has 42 heavy (non-hydrogen) atoms. The van der Waals surface area contributed by atoms with Gasteiger partial charge in [-0.05, 0) is 104 Å². The van der Waals surface area contributed by atoms with Crippen molar-refractivity contribution < 1.29 is 28.7 Å². The van der Waals surface area contributed by atoms with Crippen LogP contribution in [-0.4, -0.2) is 59.2 Å². The van der Waals surface area contributed by atoms with Gasteiger partial charge >= 0.3 is 18.9 Å². The third-order valence-electron chi connectivity index (χ3n) is 7.07.